The number of nitrogens with zero attached hydrogens (tertiary/aromatic N) is 2. The maximum absolute atomic E-state index is 14.5. The first kappa shape index (κ1) is 43.4. The molecule has 1 aliphatic heterocycles. The van der Waals surface area contributed by atoms with Gasteiger partial charge in [0.1, 0.15) is 24.2 Å². The highest BCUT2D eigenvalue weighted by Gasteiger charge is 2.39. The number of rotatable bonds is 15. The van der Waals surface area contributed by atoms with Crippen molar-refractivity contribution >= 4 is 29.5 Å². The average molecular weight is 709 g/mol. The summed E-state index contributed by atoms with van der Waals surface area (Å²) in [5.41, 5.74) is 11.6. The Morgan fingerprint density at radius 1 is 0.760 bits per heavy atom. The van der Waals surface area contributed by atoms with Crippen molar-refractivity contribution in [1.29, 1.82) is 0 Å². The second-order valence-electron chi connectivity index (χ2n) is 14.1. The van der Waals surface area contributed by atoms with Gasteiger partial charge in [0.2, 0.25) is 29.5 Å². The van der Waals surface area contributed by atoms with Gasteiger partial charge >= 0.3 is 0 Å². The maximum Gasteiger partial charge on any atom is 0.245 e. The number of ether oxygens (including phenoxy) is 1. The zero-order valence-corrected chi connectivity index (χ0v) is 31.5. The molecule has 288 valence electrons. The lowest BCUT2D eigenvalue weighted by molar-refractivity contribution is -0.145. The largest absolute Gasteiger partial charge is 0.379 e. The molecule has 50 heavy (non-hydrogen) atoms. The molecule has 5 amide bonds. The standard InChI is InChI=1S/C36H68N8O6/c1-6-9-18-30-36(49)43(5)29(15-8-3)34(47)42-31(26-16-12-11-13-17-26)35(48)40-27(22-38)33(46)41-28(24-50-21-14-19-37)32(45)39-23-25(4)44(30)20-10-7-2/h25-31H,6-24,37-38H2,1-5H3,(H,39,45)(H,40,48)(H,41,46)(H,42,47)/t25-,27-,28-,29-,30-,31-/m0/s1. The molecule has 2 rings (SSSR count). The highest BCUT2D eigenvalue weighted by molar-refractivity contribution is 5.96. The Hall–Kier alpha value is -2.81. The number of likely N-dealkylation sites (N-methyl/N-ethyl adjacent to an activating group) is 1. The first-order valence-corrected chi connectivity index (χ1v) is 19.2. The van der Waals surface area contributed by atoms with E-state index in [0.29, 0.717) is 45.4 Å². The molecule has 0 aromatic rings. The minimum atomic E-state index is -1.15. The second kappa shape index (κ2) is 23.6. The van der Waals surface area contributed by atoms with Gasteiger partial charge in [0.15, 0.2) is 0 Å². The Kier molecular flexibility index (Phi) is 20.5. The van der Waals surface area contributed by atoms with Gasteiger partial charge in [-0.15, -0.1) is 0 Å². The number of carbonyl (C=O) groups excluding carboxylic acids is 5. The molecule has 0 spiro atoms. The van der Waals surface area contributed by atoms with Crippen molar-refractivity contribution in [2.24, 2.45) is 17.4 Å². The molecule has 6 atom stereocenters. The Labute approximate surface area is 300 Å². The number of amides is 5. The van der Waals surface area contributed by atoms with Crippen LogP contribution in [0.3, 0.4) is 0 Å². The summed E-state index contributed by atoms with van der Waals surface area (Å²) in [6, 6.07) is -4.66. The number of nitrogens with one attached hydrogen (secondary N) is 4. The summed E-state index contributed by atoms with van der Waals surface area (Å²) in [5, 5.41) is 11.5. The SMILES string of the molecule is CCCC[C@H]1C(=O)N(C)[C@@H](CCC)C(=O)N[C@@H](C2CCCCC2)C(=O)N[C@@H](CN)C(=O)N[C@@H](COCCCN)C(=O)NC[C@H](C)N1CCCC. The van der Waals surface area contributed by atoms with E-state index in [9.17, 15) is 24.0 Å². The molecule has 1 saturated heterocycles. The van der Waals surface area contributed by atoms with Gasteiger partial charge in [0, 0.05) is 32.8 Å². The van der Waals surface area contributed by atoms with Crippen LogP contribution >= 0.6 is 0 Å². The van der Waals surface area contributed by atoms with Gasteiger partial charge in [-0.1, -0.05) is 65.7 Å². The minimum Gasteiger partial charge on any atom is -0.379 e. The molecule has 2 fully saturated rings. The van der Waals surface area contributed by atoms with Crippen LogP contribution in [0.15, 0.2) is 0 Å². The first-order valence-electron chi connectivity index (χ1n) is 19.2. The van der Waals surface area contributed by atoms with E-state index in [4.69, 9.17) is 16.2 Å². The third-order valence-corrected chi connectivity index (χ3v) is 10.1. The monoisotopic (exact) mass is 709 g/mol. The number of hydrogen-bond donors (Lipinski definition) is 6. The van der Waals surface area contributed by atoms with E-state index in [0.717, 1.165) is 57.8 Å². The molecule has 14 nitrogen and oxygen atoms in total. The van der Waals surface area contributed by atoms with Gasteiger partial charge in [-0.3, -0.25) is 28.9 Å². The average Bonchev–Trinajstić information content (AvgIpc) is 3.12. The smallest absolute Gasteiger partial charge is 0.245 e. The lowest BCUT2D eigenvalue weighted by atomic mass is 9.83. The van der Waals surface area contributed by atoms with E-state index in [1.165, 1.54) is 0 Å². The third-order valence-electron chi connectivity index (χ3n) is 10.1. The van der Waals surface area contributed by atoms with E-state index >= 15 is 0 Å². The fraction of sp³-hybridized carbons (Fsp3) is 0.861. The van der Waals surface area contributed by atoms with E-state index in [-0.39, 0.29) is 43.5 Å². The van der Waals surface area contributed by atoms with Crippen molar-refractivity contribution in [3.63, 3.8) is 0 Å². The van der Waals surface area contributed by atoms with Crippen LogP contribution < -0.4 is 32.7 Å². The zero-order chi connectivity index (χ0) is 37.1. The molecule has 1 aliphatic carbocycles. The van der Waals surface area contributed by atoms with E-state index in [1.54, 1.807) is 11.9 Å². The zero-order valence-electron chi connectivity index (χ0n) is 31.5. The summed E-state index contributed by atoms with van der Waals surface area (Å²) in [5.74, 6) is -2.25. The van der Waals surface area contributed by atoms with Crippen LogP contribution in [-0.2, 0) is 28.7 Å². The number of unbranched alkanes of at least 4 members (excludes halogenated alkanes) is 2. The Morgan fingerprint density at radius 2 is 1.44 bits per heavy atom. The second-order valence-corrected chi connectivity index (χ2v) is 14.1. The van der Waals surface area contributed by atoms with Crippen molar-refractivity contribution in [2.75, 3.05) is 46.4 Å². The Bertz CT molecular complexity index is 1060. The van der Waals surface area contributed by atoms with Crippen LogP contribution in [0.4, 0.5) is 0 Å². The highest BCUT2D eigenvalue weighted by atomic mass is 16.5. The van der Waals surface area contributed by atoms with Crippen LogP contribution in [0.2, 0.25) is 0 Å². The summed E-state index contributed by atoms with van der Waals surface area (Å²) in [6.45, 7) is 9.39. The topological polar surface area (TPSA) is 201 Å². The molecule has 0 unspecified atom stereocenters. The summed E-state index contributed by atoms with van der Waals surface area (Å²) < 4.78 is 5.70. The normalized spacial score (nSPS) is 27.6. The van der Waals surface area contributed by atoms with Crippen molar-refractivity contribution in [3.8, 4) is 0 Å². The van der Waals surface area contributed by atoms with Crippen LogP contribution in [0.5, 0.6) is 0 Å². The van der Waals surface area contributed by atoms with Crippen molar-refractivity contribution in [3.05, 3.63) is 0 Å². The van der Waals surface area contributed by atoms with Gasteiger partial charge in [0.25, 0.3) is 0 Å². The summed E-state index contributed by atoms with van der Waals surface area (Å²) in [4.78, 5) is 73.5. The Balaban J connectivity index is 2.61. The molecule has 1 heterocycles. The molecule has 2 aliphatic rings. The molecule has 0 radical (unpaired) electrons. The van der Waals surface area contributed by atoms with Gasteiger partial charge in [-0.25, -0.2) is 0 Å². The van der Waals surface area contributed by atoms with Gasteiger partial charge in [-0.05, 0) is 64.5 Å². The van der Waals surface area contributed by atoms with Crippen LogP contribution in [0.25, 0.3) is 0 Å². The van der Waals surface area contributed by atoms with Crippen LogP contribution in [0.1, 0.15) is 111 Å². The number of nitrogens with two attached hydrogens (primary N) is 2. The van der Waals surface area contributed by atoms with Gasteiger partial charge < -0.3 is 42.4 Å². The Morgan fingerprint density at radius 3 is 2.06 bits per heavy atom. The van der Waals surface area contributed by atoms with E-state index < -0.39 is 47.9 Å². The van der Waals surface area contributed by atoms with Gasteiger partial charge in [-0.2, -0.15) is 0 Å². The van der Waals surface area contributed by atoms with Crippen molar-refractivity contribution in [1.82, 2.24) is 31.1 Å². The van der Waals surface area contributed by atoms with Crippen LogP contribution in [0, 0.1) is 5.92 Å². The summed E-state index contributed by atoms with van der Waals surface area (Å²) in [7, 11) is 1.68. The van der Waals surface area contributed by atoms with Crippen molar-refractivity contribution in [2.45, 2.75) is 147 Å². The molecular weight excluding hydrogens is 640 g/mol. The van der Waals surface area contributed by atoms with Crippen molar-refractivity contribution < 1.29 is 28.7 Å². The predicted octanol–water partition coefficient (Wildman–Crippen LogP) is 1.15. The van der Waals surface area contributed by atoms with E-state index in [2.05, 4.69) is 40.0 Å². The first-order chi connectivity index (χ1) is 24.0. The quantitative estimate of drug-likeness (QED) is 0.135. The summed E-state index contributed by atoms with van der Waals surface area (Å²) >= 11 is 0. The predicted molar refractivity (Wildman–Crippen MR) is 195 cm³/mol. The molecule has 0 bridgehead atoms. The number of carbonyl (C=O) groups is 5. The maximum atomic E-state index is 14.5. The summed E-state index contributed by atoms with van der Waals surface area (Å²) in [6.07, 6.45) is 10.1. The fourth-order valence-corrected chi connectivity index (χ4v) is 6.95. The molecule has 8 N–H and O–H groups in total. The third kappa shape index (κ3) is 13.4. The molecule has 14 heteroatoms. The number of hydrogen-bond acceptors (Lipinski definition) is 9. The lowest BCUT2D eigenvalue weighted by Gasteiger charge is -2.40. The molecule has 0 aromatic heterocycles. The molecule has 0 aromatic carbocycles. The highest BCUT2D eigenvalue weighted by Crippen LogP contribution is 2.27. The van der Waals surface area contributed by atoms with E-state index in [1.807, 2.05) is 13.8 Å². The molecular formula is C36H68N8O6. The van der Waals surface area contributed by atoms with Gasteiger partial charge in [0.05, 0.1) is 12.6 Å². The van der Waals surface area contributed by atoms with Crippen LogP contribution in [-0.4, -0.2) is 122 Å². The molecule has 1 saturated carbocycles. The minimum absolute atomic E-state index is 0.0985. The lowest BCUT2D eigenvalue weighted by Crippen LogP contribution is -2.63. The fourth-order valence-electron chi connectivity index (χ4n) is 6.95.